The van der Waals surface area contributed by atoms with Gasteiger partial charge in [0.15, 0.2) is 0 Å². The molecule has 1 aliphatic heterocycles. The Morgan fingerprint density at radius 2 is 2.22 bits per heavy atom. The highest BCUT2D eigenvalue weighted by atomic mass is 32.2. The van der Waals surface area contributed by atoms with Crippen LogP contribution in [0.3, 0.4) is 0 Å². The van der Waals surface area contributed by atoms with Gasteiger partial charge in [0.2, 0.25) is 0 Å². The van der Waals surface area contributed by atoms with Crippen LogP contribution in [0.4, 0.5) is 0 Å². The standard InChI is InChI=1S/C14H24N2S2/c1-14(2,3)18-11-7-12(16-9-11)13-6-5-10(17-13)8-15-4/h5-6,11-12,15-16H,7-9H2,1-4H3. The van der Waals surface area contributed by atoms with Gasteiger partial charge in [-0.25, -0.2) is 0 Å². The fraction of sp³-hybridized carbons (Fsp3) is 0.714. The highest BCUT2D eigenvalue weighted by molar-refractivity contribution is 8.01. The molecule has 2 unspecified atom stereocenters. The topological polar surface area (TPSA) is 24.1 Å². The number of thioether (sulfide) groups is 1. The maximum Gasteiger partial charge on any atom is 0.0426 e. The van der Waals surface area contributed by atoms with E-state index in [-0.39, 0.29) is 0 Å². The van der Waals surface area contributed by atoms with Crippen molar-refractivity contribution in [1.82, 2.24) is 10.6 Å². The second-order valence-corrected chi connectivity index (χ2v) is 9.21. The quantitative estimate of drug-likeness (QED) is 0.886. The summed E-state index contributed by atoms with van der Waals surface area (Å²) < 4.78 is 0.369. The molecule has 2 atom stereocenters. The van der Waals surface area contributed by atoms with Gasteiger partial charge in [0, 0.05) is 38.9 Å². The Kier molecular flexibility index (Phi) is 4.75. The zero-order valence-electron chi connectivity index (χ0n) is 11.7. The van der Waals surface area contributed by atoms with Gasteiger partial charge < -0.3 is 10.6 Å². The first kappa shape index (κ1) is 14.4. The summed E-state index contributed by atoms with van der Waals surface area (Å²) in [6.07, 6.45) is 1.27. The van der Waals surface area contributed by atoms with Gasteiger partial charge in [0.25, 0.3) is 0 Å². The predicted octanol–water partition coefficient (Wildman–Crippen LogP) is 3.40. The normalized spacial score (nSPS) is 24.7. The van der Waals surface area contributed by atoms with Crippen molar-refractivity contribution in [3.8, 4) is 0 Å². The molecule has 1 aliphatic rings. The van der Waals surface area contributed by atoms with Crippen LogP contribution in [0.1, 0.15) is 43.0 Å². The molecule has 2 N–H and O–H groups in total. The Bertz CT molecular complexity index is 381. The maximum atomic E-state index is 3.67. The smallest absolute Gasteiger partial charge is 0.0426 e. The average molecular weight is 284 g/mol. The van der Waals surface area contributed by atoms with E-state index < -0.39 is 0 Å². The lowest BCUT2D eigenvalue weighted by molar-refractivity contribution is 0.660. The molecule has 2 rings (SSSR count). The van der Waals surface area contributed by atoms with Crippen molar-refractivity contribution in [2.75, 3.05) is 13.6 Å². The third kappa shape index (κ3) is 3.98. The molecule has 0 bridgehead atoms. The Morgan fingerprint density at radius 1 is 1.44 bits per heavy atom. The van der Waals surface area contributed by atoms with Crippen LogP contribution in [0.5, 0.6) is 0 Å². The van der Waals surface area contributed by atoms with Crippen molar-refractivity contribution in [1.29, 1.82) is 0 Å². The van der Waals surface area contributed by atoms with Gasteiger partial charge in [-0.15, -0.1) is 11.3 Å². The van der Waals surface area contributed by atoms with Crippen molar-refractivity contribution in [3.05, 3.63) is 21.9 Å². The van der Waals surface area contributed by atoms with Gasteiger partial charge in [-0.1, -0.05) is 20.8 Å². The molecule has 1 fully saturated rings. The summed E-state index contributed by atoms with van der Waals surface area (Å²) in [6, 6.07) is 5.11. The van der Waals surface area contributed by atoms with Crippen LogP contribution >= 0.6 is 23.1 Å². The van der Waals surface area contributed by atoms with E-state index in [2.05, 4.69) is 55.3 Å². The molecule has 18 heavy (non-hydrogen) atoms. The fourth-order valence-corrected chi connectivity index (χ4v) is 4.94. The van der Waals surface area contributed by atoms with Crippen molar-refractivity contribution < 1.29 is 0 Å². The lowest BCUT2D eigenvalue weighted by Crippen LogP contribution is -2.18. The molecule has 0 amide bonds. The maximum absolute atomic E-state index is 3.67. The molecule has 0 spiro atoms. The zero-order valence-corrected chi connectivity index (χ0v) is 13.4. The van der Waals surface area contributed by atoms with Crippen LogP contribution in [0.2, 0.25) is 0 Å². The monoisotopic (exact) mass is 284 g/mol. The van der Waals surface area contributed by atoms with Crippen molar-refractivity contribution in [2.45, 2.75) is 49.8 Å². The molecular weight excluding hydrogens is 260 g/mol. The minimum Gasteiger partial charge on any atom is -0.315 e. The number of rotatable bonds is 4. The third-order valence-electron chi connectivity index (χ3n) is 2.99. The predicted molar refractivity (Wildman–Crippen MR) is 83.6 cm³/mol. The lowest BCUT2D eigenvalue weighted by atomic mass is 10.2. The van der Waals surface area contributed by atoms with Gasteiger partial charge in [0.1, 0.15) is 0 Å². The largest absolute Gasteiger partial charge is 0.315 e. The van der Waals surface area contributed by atoms with Crippen LogP contribution in [0, 0.1) is 0 Å². The van der Waals surface area contributed by atoms with Crippen molar-refractivity contribution >= 4 is 23.1 Å². The molecule has 1 saturated heterocycles. The zero-order chi connectivity index (χ0) is 13.2. The molecule has 4 heteroatoms. The Hall–Kier alpha value is -0.0300. The van der Waals surface area contributed by atoms with E-state index in [4.69, 9.17) is 0 Å². The summed E-state index contributed by atoms with van der Waals surface area (Å²) in [7, 11) is 2.00. The SMILES string of the molecule is CNCc1ccc(C2CC(SC(C)(C)C)CN2)s1. The number of hydrogen-bond acceptors (Lipinski definition) is 4. The second kappa shape index (κ2) is 5.95. The van der Waals surface area contributed by atoms with E-state index in [9.17, 15) is 0 Å². The summed E-state index contributed by atoms with van der Waals surface area (Å²) >= 11 is 4.05. The van der Waals surface area contributed by atoms with Gasteiger partial charge in [-0.05, 0) is 25.6 Å². The van der Waals surface area contributed by atoms with Crippen LogP contribution in [0.15, 0.2) is 12.1 Å². The average Bonchev–Trinajstić information content (AvgIpc) is 2.85. The van der Waals surface area contributed by atoms with Crippen LogP contribution in [-0.2, 0) is 6.54 Å². The second-order valence-electron chi connectivity index (χ2n) is 5.88. The molecule has 1 aromatic heterocycles. The van der Waals surface area contributed by atoms with Gasteiger partial charge >= 0.3 is 0 Å². The van der Waals surface area contributed by atoms with E-state index >= 15 is 0 Å². The minimum absolute atomic E-state index is 0.369. The van der Waals surface area contributed by atoms with E-state index in [1.165, 1.54) is 16.2 Å². The Balaban J connectivity index is 1.91. The molecule has 0 saturated carbocycles. The van der Waals surface area contributed by atoms with Gasteiger partial charge in [-0.3, -0.25) is 0 Å². The number of nitrogens with one attached hydrogen (secondary N) is 2. The Labute approximate surface area is 119 Å². The van der Waals surface area contributed by atoms with E-state index in [0.717, 1.165) is 18.3 Å². The molecule has 1 aromatic rings. The lowest BCUT2D eigenvalue weighted by Gasteiger charge is -2.21. The van der Waals surface area contributed by atoms with E-state index in [1.54, 1.807) is 0 Å². The van der Waals surface area contributed by atoms with Crippen LogP contribution < -0.4 is 10.6 Å². The van der Waals surface area contributed by atoms with Crippen molar-refractivity contribution in [2.24, 2.45) is 0 Å². The molecule has 0 aliphatic carbocycles. The summed E-state index contributed by atoms with van der Waals surface area (Å²) in [4.78, 5) is 2.93. The van der Waals surface area contributed by atoms with Crippen molar-refractivity contribution in [3.63, 3.8) is 0 Å². The molecule has 2 nitrogen and oxygen atoms in total. The first-order chi connectivity index (χ1) is 8.48. The number of thiophene rings is 1. The molecule has 102 valence electrons. The highest BCUT2D eigenvalue weighted by Gasteiger charge is 2.29. The first-order valence-corrected chi connectivity index (χ1v) is 8.32. The van der Waals surface area contributed by atoms with Crippen LogP contribution in [-0.4, -0.2) is 23.6 Å². The van der Waals surface area contributed by atoms with Gasteiger partial charge in [-0.2, -0.15) is 11.8 Å². The van der Waals surface area contributed by atoms with E-state index in [0.29, 0.717) is 10.8 Å². The first-order valence-electron chi connectivity index (χ1n) is 6.62. The third-order valence-corrected chi connectivity index (χ3v) is 5.59. The van der Waals surface area contributed by atoms with Gasteiger partial charge in [0.05, 0.1) is 0 Å². The molecular formula is C14H24N2S2. The molecule has 0 aromatic carbocycles. The summed E-state index contributed by atoms with van der Waals surface area (Å²) in [5, 5.41) is 7.64. The molecule has 2 heterocycles. The summed E-state index contributed by atoms with van der Waals surface area (Å²) in [6.45, 7) is 9.05. The summed E-state index contributed by atoms with van der Waals surface area (Å²) in [5.74, 6) is 0. The van der Waals surface area contributed by atoms with Crippen LogP contribution in [0.25, 0.3) is 0 Å². The fourth-order valence-electron chi connectivity index (χ4n) is 2.36. The van der Waals surface area contributed by atoms with E-state index in [1.807, 2.05) is 18.4 Å². The summed E-state index contributed by atoms with van der Waals surface area (Å²) in [5.41, 5.74) is 0. The number of hydrogen-bond donors (Lipinski definition) is 2. The highest BCUT2D eigenvalue weighted by Crippen LogP contribution is 2.38. The molecule has 0 radical (unpaired) electrons. The Morgan fingerprint density at radius 3 is 2.89 bits per heavy atom. The minimum atomic E-state index is 0.369.